The Morgan fingerprint density at radius 2 is 2.17 bits per heavy atom. The van der Waals surface area contributed by atoms with Crippen molar-refractivity contribution < 1.29 is 0 Å². The second-order valence-corrected chi connectivity index (χ2v) is 5.69. The molecular weight excluding hydrogens is 222 g/mol. The smallest absolute Gasteiger partial charge is 0.0640 e. The molecule has 1 N–H and O–H groups in total. The van der Waals surface area contributed by atoms with Gasteiger partial charge < -0.3 is 5.32 Å². The predicted molar refractivity (Wildman–Crippen MR) is 75.7 cm³/mol. The van der Waals surface area contributed by atoms with Crippen LogP contribution in [-0.2, 0) is 6.42 Å². The third-order valence-electron chi connectivity index (χ3n) is 4.47. The van der Waals surface area contributed by atoms with Crippen molar-refractivity contribution in [2.75, 3.05) is 7.05 Å². The summed E-state index contributed by atoms with van der Waals surface area (Å²) in [4.78, 5) is 0. The van der Waals surface area contributed by atoms with Gasteiger partial charge in [0, 0.05) is 24.7 Å². The standard InChI is InChI=1S/C15H27N3/c1-4-12(2)18-10-9-14(17-18)11-15(16-3)13-7-5-6-8-13/h9-10,12-13,15-16H,4-8,11H2,1-3H3. The van der Waals surface area contributed by atoms with Gasteiger partial charge in [-0.25, -0.2) is 0 Å². The zero-order valence-electron chi connectivity index (χ0n) is 12.0. The van der Waals surface area contributed by atoms with E-state index < -0.39 is 0 Å². The summed E-state index contributed by atoms with van der Waals surface area (Å²) in [7, 11) is 2.09. The van der Waals surface area contributed by atoms with Crippen LogP contribution in [0, 0.1) is 5.92 Å². The summed E-state index contributed by atoms with van der Waals surface area (Å²) in [5.74, 6) is 0.851. The van der Waals surface area contributed by atoms with Gasteiger partial charge in [-0.05, 0) is 45.2 Å². The molecule has 0 bridgehead atoms. The number of hydrogen-bond donors (Lipinski definition) is 1. The lowest BCUT2D eigenvalue weighted by molar-refractivity contribution is 0.372. The van der Waals surface area contributed by atoms with Crippen LogP contribution in [0.25, 0.3) is 0 Å². The van der Waals surface area contributed by atoms with Crippen LogP contribution in [0.3, 0.4) is 0 Å². The Hall–Kier alpha value is -0.830. The molecule has 1 saturated carbocycles. The maximum Gasteiger partial charge on any atom is 0.0640 e. The minimum absolute atomic E-state index is 0.512. The highest BCUT2D eigenvalue weighted by molar-refractivity contribution is 5.03. The van der Waals surface area contributed by atoms with Crippen LogP contribution < -0.4 is 5.32 Å². The van der Waals surface area contributed by atoms with Crippen molar-refractivity contribution in [3.8, 4) is 0 Å². The highest BCUT2D eigenvalue weighted by atomic mass is 15.3. The van der Waals surface area contributed by atoms with E-state index in [2.05, 4.69) is 43.2 Å². The fourth-order valence-corrected chi connectivity index (χ4v) is 3.01. The first kappa shape index (κ1) is 13.6. The summed E-state index contributed by atoms with van der Waals surface area (Å²) >= 11 is 0. The third-order valence-corrected chi connectivity index (χ3v) is 4.47. The van der Waals surface area contributed by atoms with Crippen molar-refractivity contribution in [2.45, 2.75) is 64.5 Å². The molecule has 1 aliphatic rings. The highest BCUT2D eigenvalue weighted by Crippen LogP contribution is 2.29. The molecule has 2 unspecified atom stereocenters. The first-order chi connectivity index (χ1) is 8.74. The van der Waals surface area contributed by atoms with Gasteiger partial charge >= 0.3 is 0 Å². The Morgan fingerprint density at radius 1 is 1.44 bits per heavy atom. The zero-order valence-corrected chi connectivity index (χ0v) is 12.0. The van der Waals surface area contributed by atoms with E-state index in [4.69, 9.17) is 5.10 Å². The minimum Gasteiger partial charge on any atom is -0.316 e. The van der Waals surface area contributed by atoms with Crippen LogP contribution in [0.5, 0.6) is 0 Å². The lowest BCUT2D eigenvalue weighted by atomic mass is 9.94. The molecule has 3 nitrogen and oxygen atoms in total. The van der Waals surface area contributed by atoms with Gasteiger partial charge in [-0.15, -0.1) is 0 Å². The maximum atomic E-state index is 4.72. The maximum absolute atomic E-state index is 4.72. The average molecular weight is 249 g/mol. The van der Waals surface area contributed by atoms with E-state index in [1.165, 1.54) is 31.4 Å². The second-order valence-electron chi connectivity index (χ2n) is 5.69. The van der Waals surface area contributed by atoms with Crippen LogP contribution in [0.2, 0.25) is 0 Å². The lowest BCUT2D eigenvalue weighted by Gasteiger charge is -2.22. The topological polar surface area (TPSA) is 29.9 Å². The van der Waals surface area contributed by atoms with E-state index in [0.29, 0.717) is 12.1 Å². The van der Waals surface area contributed by atoms with Crippen molar-refractivity contribution in [2.24, 2.45) is 5.92 Å². The molecule has 1 heterocycles. The monoisotopic (exact) mass is 249 g/mol. The van der Waals surface area contributed by atoms with E-state index in [9.17, 15) is 0 Å². The molecule has 0 amide bonds. The van der Waals surface area contributed by atoms with Crippen molar-refractivity contribution in [1.29, 1.82) is 0 Å². The van der Waals surface area contributed by atoms with Crippen LogP contribution in [0.4, 0.5) is 0 Å². The van der Waals surface area contributed by atoms with Gasteiger partial charge in [0.2, 0.25) is 0 Å². The molecule has 0 spiro atoms. The van der Waals surface area contributed by atoms with Gasteiger partial charge in [0.25, 0.3) is 0 Å². The summed E-state index contributed by atoms with van der Waals surface area (Å²) in [6.45, 7) is 4.43. The van der Waals surface area contributed by atoms with Crippen molar-refractivity contribution in [3.63, 3.8) is 0 Å². The van der Waals surface area contributed by atoms with Gasteiger partial charge in [-0.1, -0.05) is 19.8 Å². The van der Waals surface area contributed by atoms with Crippen molar-refractivity contribution in [1.82, 2.24) is 15.1 Å². The molecule has 2 atom stereocenters. The van der Waals surface area contributed by atoms with Gasteiger partial charge in [0.1, 0.15) is 0 Å². The first-order valence-corrected chi connectivity index (χ1v) is 7.46. The summed E-state index contributed by atoms with van der Waals surface area (Å²) in [5.41, 5.74) is 1.24. The highest BCUT2D eigenvalue weighted by Gasteiger charge is 2.24. The van der Waals surface area contributed by atoms with Gasteiger partial charge in [-0.3, -0.25) is 4.68 Å². The van der Waals surface area contributed by atoms with E-state index in [1.54, 1.807) is 0 Å². The molecule has 102 valence electrons. The summed E-state index contributed by atoms with van der Waals surface area (Å²) < 4.78 is 2.11. The molecule has 1 aromatic heterocycles. The number of rotatable bonds is 6. The molecule has 0 saturated heterocycles. The van der Waals surface area contributed by atoms with Crippen molar-refractivity contribution >= 4 is 0 Å². The van der Waals surface area contributed by atoms with Crippen LogP contribution in [0.15, 0.2) is 12.3 Å². The average Bonchev–Trinajstić information content (AvgIpc) is 3.05. The Labute approximate surface area is 111 Å². The van der Waals surface area contributed by atoms with E-state index in [1.807, 2.05) is 0 Å². The molecule has 0 aliphatic heterocycles. The largest absolute Gasteiger partial charge is 0.316 e. The minimum atomic E-state index is 0.512. The van der Waals surface area contributed by atoms with E-state index in [0.717, 1.165) is 18.8 Å². The SMILES string of the molecule is CCC(C)n1ccc(CC(NC)C2CCCC2)n1. The molecule has 2 rings (SSSR count). The second kappa shape index (κ2) is 6.37. The quantitative estimate of drug-likeness (QED) is 0.839. The number of hydrogen-bond acceptors (Lipinski definition) is 2. The number of likely N-dealkylation sites (N-methyl/N-ethyl adjacent to an activating group) is 1. The zero-order chi connectivity index (χ0) is 13.0. The predicted octanol–water partition coefficient (Wildman–Crippen LogP) is 3.17. The van der Waals surface area contributed by atoms with E-state index >= 15 is 0 Å². The molecular formula is C15H27N3. The fraction of sp³-hybridized carbons (Fsp3) is 0.800. The molecule has 1 fully saturated rings. The Kier molecular flexibility index (Phi) is 4.81. The van der Waals surface area contributed by atoms with E-state index in [-0.39, 0.29) is 0 Å². The van der Waals surface area contributed by atoms with Crippen LogP contribution >= 0.6 is 0 Å². The fourth-order valence-electron chi connectivity index (χ4n) is 3.01. The Morgan fingerprint density at radius 3 is 2.78 bits per heavy atom. The molecule has 1 aliphatic carbocycles. The summed E-state index contributed by atoms with van der Waals surface area (Å²) in [6.07, 6.45) is 9.93. The number of aromatic nitrogens is 2. The lowest BCUT2D eigenvalue weighted by Crippen LogP contribution is -2.34. The van der Waals surface area contributed by atoms with Gasteiger partial charge in [-0.2, -0.15) is 5.10 Å². The number of nitrogens with zero attached hydrogens (tertiary/aromatic N) is 2. The Bertz CT molecular complexity index is 352. The summed E-state index contributed by atoms with van der Waals surface area (Å²) in [6, 6.07) is 3.30. The normalized spacial score (nSPS) is 20.2. The van der Waals surface area contributed by atoms with Crippen LogP contribution in [0.1, 0.15) is 57.7 Å². The van der Waals surface area contributed by atoms with Crippen LogP contribution in [-0.4, -0.2) is 22.9 Å². The molecule has 3 heteroatoms. The Balaban J connectivity index is 1.96. The first-order valence-electron chi connectivity index (χ1n) is 7.46. The third kappa shape index (κ3) is 3.14. The summed E-state index contributed by atoms with van der Waals surface area (Å²) in [5, 5.41) is 8.21. The molecule has 1 aromatic rings. The molecule has 18 heavy (non-hydrogen) atoms. The molecule has 0 radical (unpaired) electrons. The number of nitrogens with one attached hydrogen (secondary N) is 1. The van der Waals surface area contributed by atoms with Gasteiger partial charge in [0.05, 0.1) is 5.69 Å². The molecule has 0 aromatic carbocycles. The van der Waals surface area contributed by atoms with Gasteiger partial charge in [0.15, 0.2) is 0 Å². The van der Waals surface area contributed by atoms with Crippen molar-refractivity contribution in [3.05, 3.63) is 18.0 Å².